The monoisotopic (exact) mass is 391 g/mol. The summed E-state index contributed by atoms with van der Waals surface area (Å²) < 4.78 is 5.93. The summed E-state index contributed by atoms with van der Waals surface area (Å²) in [6.07, 6.45) is 4.23. The quantitative estimate of drug-likeness (QED) is 0.420. The first-order chi connectivity index (χ1) is 14.1. The van der Waals surface area contributed by atoms with E-state index in [1.54, 1.807) is 0 Å². The Morgan fingerprint density at radius 3 is 2.69 bits per heavy atom. The van der Waals surface area contributed by atoms with Gasteiger partial charge in [0.2, 0.25) is 0 Å². The second kappa shape index (κ2) is 10.0. The molecule has 0 aliphatic heterocycles. The molecule has 5 heteroatoms. The van der Waals surface area contributed by atoms with Gasteiger partial charge in [-0.3, -0.25) is 4.79 Å². The number of benzene rings is 2. The van der Waals surface area contributed by atoms with Crippen LogP contribution in [0.2, 0.25) is 0 Å². The van der Waals surface area contributed by atoms with Crippen LogP contribution in [0.1, 0.15) is 44.9 Å². The van der Waals surface area contributed by atoms with Crippen LogP contribution in [-0.2, 0) is 4.79 Å². The van der Waals surface area contributed by atoms with E-state index in [4.69, 9.17) is 4.74 Å². The predicted molar refractivity (Wildman–Crippen MR) is 118 cm³/mol. The number of aryl methyl sites for hydroxylation is 1. The van der Waals surface area contributed by atoms with E-state index in [-0.39, 0.29) is 0 Å². The summed E-state index contributed by atoms with van der Waals surface area (Å²) in [6, 6.07) is 16.1. The van der Waals surface area contributed by atoms with E-state index >= 15 is 0 Å². The molecule has 0 N–H and O–H groups in total. The first kappa shape index (κ1) is 20.8. The highest BCUT2D eigenvalue weighted by atomic mass is 16.5. The number of hydrogen-bond acceptors (Lipinski definition) is 5. The summed E-state index contributed by atoms with van der Waals surface area (Å²) >= 11 is 0. The SMILES string of the molecule is CCC(=O)CCCCCOc1cccc(N(C)c2nc(C)nc3ccccc23)c1. The molecule has 0 aliphatic rings. The number of anilines is 2. The zero-order valence-corrected chi connectivity index (χ0v) is 17.5. The van der Waals surface area contributed by atoms with Crippen LogP contribution in [0.25, 0.3) is 10.9 Å². The Morgan fingerprint density at radius 1 is 1.03 bits per heavy atom. The summed E-state index contributed by atoms with van der Waals surface area (Å²) in [5.74, 6) is 2.81. The van der Waals surface area contributed by atoms with Crippen molar-refractivity contribution in [1.29, 1.82) is 0 Å². The van der Waals surface area contributed by atoms with Crippen molar-refractivity contribution in [2.45, 2.75) is 46.0 Å². The molecule has 29 heavy (non-hydrogen) atoms. The number of fused-ring (bicyclic) bond motifs is 1. The molecule has 5 nitrogen and oxygen atoms in total. The van der Waals surface area contributed by atoms with E-state index in [1.165, 1.54) is 0 Å². The molecule has 0 saturated carbocycles. The van der Waals surface area contributed by atoms with Crippen LogP contribution < -0.4 is 9.64 Å². The van der Waals surface area contributed by atoms with Gasteiger partial charge < -0.3 is 9.64 Å². The van der Waals surface area contributed by atoms with Crippen LogP contribution in [0.15, 0.2) is 48.5 Å². The number of rotatable bonds is 10. The van der Waals surface area contributed by atoms with Crippen molar-refractivity contribution in [2.24, 2.45) is 0 Å². The number of aromatic nitrogens is 2. The third kappa shape index (κ3) is 5.53. The molecule has 3 rings (SSSR count). The largest absolute Gasteiger partial charge is 0.494 e. The molecule has 0 atom stereocenters. The normalized spacial score (nSPS) is 10.9. The number of unbranched alkanes of at least 4 members (excludes halogenated alkanes) is 2. The van der Waals surface area contributed by atoms with E-state index in [0.29, 0.717) is 25.2 Å². The molecule has 1 heterocycles. The Bertz CT molecular complexity index is 971. The molecule has 0 radical (unpaired) electrons. The van der Waals surface area contributed by atoms with Crippen molar-refractivity contribution in [2.75, 3.05) is 18.6 Å². The second-order valence-corrected chi connectivity index (χ2v) is 7.22. The van der Waals surface area contributed by atoms with Crippen LogP contribution in [0.4, 0.5) is 11.5 Å². The summed E-state index contributed by atoms with van der Waals surface area (Å²) in [5, 5.41) is 1.02. The highest BCUT2D eigenvalue weighted by Gasteiger charge is 2.12. The van der Waals surface area contributed by atoms with Crippen molar-refractivity contribution in [3.63, 3.8) is 0 Å². The summed E-state index contributed by atoms with van der Waals surface area (Å²) in [5.41, 5.74) is 1.95. The lowest BCUT2D eigenvalue weighted by molar-refractivity contribution is -0.118. The van der Waals surface area contributed by atoms with Crippen molar-refractivity contribution in [1.82, 2.24) is 9.97 Å². The van der Waals surface area contributed by atoms with Gasteiger partial charge in [-0.25, -0.2) is 9.97 Å². The van der Waals surface area contributed by atoms with Gasteiger partial charge in [0.1, 0.15) is 23.2 Å². The maximum atomic E-state index is 11.3. The van der Waals surface area contributed by atoms with E-state index in [0.717, 1.165) is 53.2 Å². The second-order valence-electron chi connectivity index (χ2n) is 7.22. The van der Waals surface area contributed by atoms with Gasteiger partial charge in [-0.15, -0.1) is 0 Å². The standard InChI is InChI=1S/C24H29N3O2/c1-4-20(28)12-6-5-9-16-29-21-13-10-11-19(17-21)27(3)24-22-14-7-8-15-23(22)25-18(2)26-24/h7-8,10-11,13-15,17H,4-6,9,12,16H2,1-3H3. The number of carbonyl (C=O) groups is 1. The van der Waals surface area contributed by atoms with Gasteiger partial charge in [0.15, 0.2) is 0 Å². The molecular formula is C24H29N3O2. The fraction of sp³-hybridized carbons (Fsp3) is 0.375. The van der Waals surface area contributed by atoms with Crippen LogP contribution >= 0.6 is 0 Å². The molecule has 0 fully saturated rings. The number of para-hydroxylation sites is 1. The van der Waals surface area contributed by atoms with E-state index < -0.39 is 0 Å². The Hall–Kier alpha value is -2.95. The minimum Gasteiger partial charge on any atom is -0.494 e. The number of ether oxygens (including phenoxy) is 1. The molecule has 0 bridgehead atoms. The highest BCUT2D eigenvalue weighted by Crippen LogP contribution is 2.30. The van der Waals surface area contributed by atoms with Gasteiger partial charge in [0.05, 0.1) is 12.1 Å². The van der Waals surface area contributed by atoms with Crippen molar-refractivity contribution in [3.05, 3.63) is 54.4 Å². The molecule has 2 aromatic carbocycles. The van der Waals surface area contributed by atoms with Gasteiger partial charge in [-0.1, -0.05) is 25.1 Å². The van der Waals surface area contributed by atoms with Gasteiger partial charge in [0, 0.05) is 37.0 Å². The molecule has 0 saturated heterocycles. The fourth-order valence-electron chi connectivity index (χ4n) is 3.30. The first-order valence-electron chi connectivity index (χ1n) is 10.3. The van der Waals surface area contributed by atoms with Crippen LogP contribution in [0, 0.1) is 6.92 Å². The van der Waals surface area contributed by atoms with E-state index in [2.05, 4.69) is 20.9 Å². The summed E-state index contributed by atoms with van der Waals surface area (Å²) in [4.78, 5) is 22.6. The topological polar surface area (TPSA) is 55.3 Å². The Morgan fingerprint density at radius 2 is 1.86 bits per heavy atom. The maximum absolute atomic E-state index is 11.3. The lowest BCUT2D eigenvalue weighted by atomic mass is 10.1. The minimum atomic E-state index is 0.342. The van der Waals surface area contributed by atoms with Crippen LogP contribution in [0.3, 0.4) is 0 Å². The van der Waals surface area contributed by atoms with Gasteiger partial charge in [-0.2, -0.15) is 0 Å². The molecule has 152 valence electrons. The Kier molecular flexibility index (Phi) is 7.17. The Balaban J connectivity index is 1.64. The number of ketones is 1. The number of Topliss-reactive ketones (excluding diaryl/α,β-unsaturated/α-hetero) is 1. The molecular weight excluding hydrogens is 362 g/mol. The summed E-state index contributed by atoms with van der Waals surface area (Å²) in [6.45, 7) is 4.49. The van der Waals surface area contributed by atoms with Crippen molar-refractivity contribution in [3.8, 4) is 5.75 Å². The maximum Gasteiger partial charge on any atom is 0.144 e. The van der Waals surface area contributed by atoms with E-state index in [9.17, 15) is 4.79 Å². The number of nitrogens with zero attached hydrogens (tertiary/aromatic N) is 3. The third-order valence-electron chi connectivity index (χ3n) is 4.98. The lowest BCUT2D eigenvalue weighted by Crippen LogP contribution is -2.13. The molecule has 1 aromatic heterocycles. The minimum absolute atomic E-state index is 0.342. The molecule has 0 amide bonds. The first-order valence-corrected chi connectivity index (χ1v) is 10.3. The molecule has 3 aromatic rings. The smallest absolute Gasteiger partial charge is 0.144 e. The molecule has 0 aliphatic carbocycles. The highest BCUT2D eigenvalue weighted by molar-refractivity contribution is 5.91. The average molecular weight is 392 g/mol. The fourth-order valence-corrected chi connectivity index (χ4v) is 3.30. The predicted octanol–water partition coefficient (Wildman–Crippen LogP) is 5.62. The number of carbonyl (C=O) groups excluding carboxylic acids is 1. The van der Waals surface area contributed by atoms with Gasteiger partial charge >= 0.3 is 0 Å². The molecule has 0 spiro atoms. The third-order valence-corrected chi connectivity index (χ3v) is 4.98. The Labute approximate surface area is 172 Å². The van der Waals surface area contributed by atoms with Crippen molar-refractivity contribution < 1.29 is 9.53 Å². The molecule has 0 unspecified atom stereocenters. The number of hydrogen-bond donors (Lipinski definition) is 0. The van der Waals surface area contributed by atoms with Crippen molar-refractivity contribution >= 4 is 28.2 Å². The van der Waals surface area contributed by atoms with E-state index in [1.807, 2.05) is 63.4 Å². The van der Waals surface area contributed by atoms with Gasteiger partial charge in [-0.05, 0) is 50.5 Å². The summed E-state index contributed by atoms with van der Waals surface area (Å²) in [7, 11) is 2.01. The zero-order valence-electron chi connectivity index (χ0n) is 17.5. The van der Waals surface area contributed by atoms with Crippen LogP contribution in [-0.4, -0.2) is 29.4 Å². The zero-order chi connectivity index (χ0) is 20.6. The van der Waals surface area contributed by atoms with Crippen LogP contribution in [0.5, 0.6) is 5.75 Å². The lowest BCUT2D eigenvalue weighted by Gasteiger charge is -2.21. The average Bonchev–Trinajstić information content (AvgIpc) is 2.75. The van der Waals surface area contributed by atoms with Gasteiger partial charge in [0.25, 0.3) is 0 Å².